The molecular formula is C9H8F3NO4. The predicted molar refractivity (Wildman–Crippen MR) is 49.2 cm³/mol. The molecule has 5 nitrogen and oxygen atoms in total. The van der Waals surface area contributed by atoms with E-state index in [-0.39, 0.29) is 11.3 Å². The van der Waals surface area contributed by atoms with Gasteiger partial charge in [-0.05, 0) is 12.5 Å². The SMILES string of the molecule is COc1c(C)cc(OC(F)(F)F)nc1C(=O)O. The monoisotopic (exact) mass is 251 g/mol. The van der Waals surface area contributed by atoms with Gasteiger partial charge in [-0.3, -0.25) is 0 Å². The van der Waals surface area contributed by atoms with E-state index in [1.807, 2.05) is 0 Å². The Morgan fingerprint density at radius 2 is 2.06 bits per heavy atom. The summed E-state index contributed by atoms with van der Waals surface area (Å²) in [4.78, 5) is 14.0. The predicted octanol–water partition coefficient (Wildman–Crippen LogP) is 2.00. The number of pyridine rings is 1. The molecule has 0 fully saturated rings. The number of nitrogens with zero attached hydrogens (tertiary/aromatic N) is 1. The van der Waals surface area contributed by atoms with Crippen LogP contribution in [0.2, 0.25) is 0 Å². The molecule has 0 aliphatic rings. The smallest absolute Gasteiger partial charge is 0.494 e. The van der Waals surface area contributed by atoms with E-state index in [9.17, 15) is 18.0 Å². The average molecular weight is 251 g/mol. The fourth-order valence-corrected chi connectivity index (χ4v) is 1.20. The lowest BCUT2D eigenvalue weighted by atomic mass is 10.2. The molecule has 0 radical (unpaired) electrons. The second-order valence-electron chi connectivity index (χ2n) is 3.01. The van der Waals surface area contributed by atoms with Crippen LogP contribution in [0.25, 0.3) is 0 Å². The van der Waals surface area contributed by atoms with Crippen LogP contribution in [0.1, 0.15) is 16.1 Å². The van der Waals surface area contributed by atoms with Crippen LogP contribution in [0.15, 0.2) is 6.07 Å². The van der Waals surface area contributed by atoms with Gasteiger partial charge in [-0.2, -0.15) is 0 Å². The molecule has 8 heteroatoms. The number of halogens is 3. The zero-order valence-electron chi connectivity index (χ0n) is 8.83. The Hall–Kier alpha value is -1.99. The lowest BCUT2D eigenvalue weighted by Gasteiger charge is -2.12. The molecule has 0 bridgehead atoms. The van der Waals surface area contributed by atoms with Crippen LogP contribution in [0, 0.1) is 6.92 Å². The van der Waals surface area contributed by atoms with Crippen molar-refractivity contribution in [1.29, 1.82) is 0 Å². The van der Waals surface area contributed by atoms with E-state index in [2.05, 4.69) is 9.72 Å². The highest BCUT2D eigenvalue weighted by molar-refractivity contribution is 5.89. The van der Waals surface area contributed by atoms with Crippen molar-refractivity contribution in [1.82, 2.24) is 4.98 Å². The number of aromatic nitrogens is 1. The normalized spacial score (nSPS) is 11.1. The van der Waals surface area contributed by atoms with Crippen molar-refractivity contribution in [2.24, 2.45) is 0 Å². The first-order valence-electron chi connectivity index (χ1n) is 4.29. The van der Waals surface area contributed by atoms with E-state index in [1.54, 1.807) is 0 Å². The first-order chi connectivity index (χ1) is 7.74. The molecule has 0 saturated heterocycles. The standard InChI is InChI=1S/C9H8F3NO4/c1-4-3-5(17-9(10,11)12)13-6(8(14)15)7(4)16-2/h3H,1-2H3,(H,14,15). The Labute approximate surface area is 93.8 Å². The number of aromatic carboxylic acids is 1. The number of alkyl halides is 3. The summed E-state index contributed by atoms with van der Waals surface area (Å²) in [5.41, 5.74) is -0.453. The number of rotatable bonds is 3. The van der Waals surface area contributed by atoms with E-state index >= 15 is 0 Å². The molecule has 1 aromatic heterocycles. The topological polar surface area (TPSA) is 68.7 Å². The molecule has 0 aliphatic carbocycles. The van der Waals surface area contributed by atoms with Gasteiger partial charge in [0.2, 0.25) is 5.88 Å². The Kier molecular flexibility index (Phi) is 3.45. The van der Waals surface area contributed by atoms with Crippen LogP contribution in [0.3, 0.4) is 0 Å². The van der Waals surface area contributed by atoms with Crippen molar-refractivity contribution >= 4 is 5.97 Å². The maximum atomic E-state index is 11.9. The number of ether oxygens (including phenoxy) is 2. The summed E-state index contributed by atoms with van der Waals surface area (Å²) in [7, 11) is 1.20. The minimum Gasteiger partial charge on any atom is -0.494 e. The third-order valence-electron chi connectivity index (χ3n) is 1.76. The van der Waals surface area contributed by atoms with Crippen molar-refractivity contribution in [3.8, 4) is 11.6 Å². The van der Waals surface area contributed by atoms with E-state index < -0.39 is 23.9 Å². The second-order valence-corrected chi connectivity index (χ2v) is 3.01. The van der Waals surface area contributed by atoms with Crippen molar-refractivity contribution in [2.45, 2.75) is 13.3 Å². The number of aryl methyl sites for hydroxylation is 1. The quantitative estimate of drug-likeness (QED) is 0.889. The summed E-state index contributed by atoms with van der Waals surface area (Å²) in [6.07, 6.45) is -4.93. The summed E-state index contributed by atoms with van der Waals surface area (Å²) < 4.78 is 44.1. The summed E-state index contributed by atoms with van der Waals surface area (Å²) in [5, 5.41) is 8.76. The van der Waals surface area contributed by atoms with Gasteiger partial charge in [0.1, 0.15) is 0 Å². The number of hydrogen-bond donors (Lipinski definition) is 1. The Morgan fingerprint density at radius 1 is 1.47 bits per heavy atom. The highest BCUT2D eigenvalue weighted by atomic mass is 19.4. The maximum absolute atomic E-state index is 11.9. The molecule has 1 aromatic rings. The first-order valence-corrected chi connectivity index (χ1v) is 4.29. The summed E-state index contributed by atoms with van der Waals surface area (Å²) >= 11 is 0. The number of carboxylic acid groups (broad SMARTS) is 1. The lowest BCUT2D eigenvalue weighted by Crippen LogP contribution is -2.19. The highest BCUT2D eigenvalue weighted by Crippen LogP contribution is 2.28. The number of carboxylic acids is 1. The lowest BCUT2D eigenvalue weighted by molar-refractivity contribution is -0.276. The molecule has 0 amide bonds. The van der Waals surface area contributed by atoms with Gasteiger partial charge >= 0.3 is 12.3 Å². The van der Waals surface area contributed by atoms with Crippen molar-refractivity contribution < 1.29 is 32.5 Å². The van der Waals surface area contributed by atoms with Crippen LogP contribution in [-0.2, 0) is 0 Å². The van der Waals surface area contributed by atoms with E-state index in [0.29, 0.717) is 0 Å². The summed E-state index contributed by atoms with van der Waals surface area (Å²) in [6.45, 7) is 1.39. The third-order valence-corrected chi connectivity index (χ3v) is 1.76. The summed E-state index contributed by atoms with van der Waals surface area (Å²) in [6, 6.07) is 0.943. The van der Waals surface area contributed by atoms with Crippen LogP contribution in [-0.4, -0.2) is 29.5 Å². The van der Waals surface area contributed by atoms with Gasteiger partial charge in [0.15, 0.2) is 11.4 Å². The van der Waals surface area contributed by atoms with Gasteiger partial charge in [0.05, 0.1) is 7.11 Å². The van der Waals surface area contributed by atoms with E-state index in [4.69, 9.17) is 9.84 Å². The number of hydrogen-bond acceptors (Lipinski definition) is 4. The average Bonchev–Trinajstić information content (AvgIpc) is 2.13. The molecule has 17 heavy (non-hydrogen) atoms. The number of methoxy groups -OCH3 is 1. The molecule has 94 valence electrons. The van der Waals surface area contributed by atoms with Crippen LogP contribution < -0.4 is 9.47 Å². The zero-order chi connectivity index (χ0) is 13.2. The summed E-state index contributed by atoms with van der Waals surface area (Å²) in [5.74, 6) is -2.45. The molecular weight excluding hydrogens is 243 g/mol. The highest BCUT2D eigenvalue weighted by Gasteiger charge is 2.32. The minimum absolute atomic E-state index is 0.105. The Morgan fingerprint density at radius 3 is 2.47 bits per heavy atom. The Bertz CT molecular complexity index is 445. The zero-order valence-corrected chi connectivity index (χ0v) is 8.83. The number of carbonyl (C=O) groups is 1. The molecule has 0 saturated carbocycles. The molecule has 0 aliphatic heterocycles. The van der Waals surface area contributed by atoms with Gasteiger partial charge in [-0.15, -0.1) is 13.2 Å². The van der Waals surface area contributed by atoms with Crippen molar-refractivity contribution in [3.63, 3.8) is 0 Å². The van der Waals surface area contributed by atoms with Crippen molar-refractivity contribution in [3.05, 3.63) is 17.3 Å². The van der Waals surface area contributed by atoms with Crippen molar-refractivity contribution in [2.75, 3.05) is 7.11 Å². The van der Waals surface area contributed by atoms with Gasteiger partial charge in [0, 0.05) is 6.07 Å². The van der Waals surface area contributed by atoms with E-state index in [0.717, 1.165) is 6.07 Å². The van der Waals surface area contributed by atoms with Gasteiger partial charge in [-0.1, -0.05) is 0 Å². The van der Waals surface area contributed by atoms with Gasteiger partial charge in [0.25, 0.3) is 0 Å². The van der Waals surface area contributed by atoms with Gasteiger partial charge < -0.3 is 14.6 Å². The largest absolute Gasteiger partial charge is 0.574 e. The molecule has 1 rings (SSSR count). The molecule has 0 aromatic carbocycles. The van der Waals surface area contributed by atoms with Crippen LogP contribution >= 0.6 is 0 Å². The molecule has 0 spiro atoms. The molecule has 0 atom stereocenters. The van der Waals surface area contributed by atoms with Crippen LogP contribution in [0.4, 0.5) is 13.2 Å². The Balaban J connectivity index is 3.25. The fourth-order valence-electron chi connectivity index (χ4n) is 1.20. The third kappa shape index (κ3) is 3.23. The molecule has 1 heterocycles. The molecule has 0 unspecified atom stereocenters. The van der Waals surface area contributed by atoms with E-state index in [1.165, 1.54) is 14.0 Å². The molecule has 1 N–H and O–H groups in total. The fraction of sp³-hybridized carbons (Fsp3) is 0.333. The van der Waals surface area contributed by atoms with Crippen LogP contribution in [0.5, 0.6) is 11.6 Å². The maximum Gasteiger partial charge on any atom is 0.574 e. The first kappa shape index (κ1) is 13.1. The van der Waals surface area contributed by atoms with Gasteiger partial charge in [-0.25, -0.2) is 9.78 Å². The second kappa shape index (κ2) is 4.48. The minimum atomic E-state index is -4.93.